The Morgan fingerprint density at radius 3 is 2.45 bits per heavy atom. The Labute approximate surface area is 140 Å². The summed E-state index contributed by atoms with van der Waals surface area (Å²) in [6.07, 6.45) is 0.968. The van der Waals surface area contributed by atoms with Crippen molar-refractivity contribution in [2.75, 3.05) is 18.1 Å². The summed E-state index contributed by atoms with van der Waals surface area (Å²) < 4.78 is 6.54. The highest BCUT2D eigenvalue weighted by molar-refractivity contribution is 9.10. The molecule has 0 saturated heterocycles. The molecule has 0 heterocycles. The van der Waals surface area contributed by atoms with Crippen molar-refractivity contribution in [3.05, 3.63) is 58.6 Å². The van der Waals surface area contributed by atoms with Gasteiger partial charge in [0.05, 0.1) is 4.47 Å². The topological polar surface area (TPSA) is 29.5 Å². The van der Waals surface area contributed by atoms with Gasteiger partial charge in [0.1, 0.15) is 5.75 Å². The number of amides is 1. The number of benzene rings is 2. The average Bonchev–Trinajstić information content (AvgIpc) is 2.55. The molecule has 0 saturated carbocycles. The molecule has 2 aromatic carbocycles. The minimum Gasteiger partial charge on any atom is -0.483 e. The van der Waals surface area contributed by atoms with Crippen LogP contribution in [0.3, 0.4) is 0 Å². The zero-order chi connectivity index (χ0) is 15.9. The number of carbonyl (C=O) groups excluding carboxylic acids is 1. The Morgan fingerprint density at radius 1 is 1.14 bits per heavy atom. The van der Waals surface area contributed by atoms with Crippen molar-refractivity contribution in [1.82, 2.24) is 0 Å². The molecule has 0 aliphatic carbocycles. The lowest BCUT2D eigenvalue weighted by Crippen LogP contribution is -2.34. The summed E-state index contributed by atoms with van der Waals surface area (Å²) in [7, 11) is 0. The lowest BCUT2D eigenvalue weighted by atomic mass is 10.2. The van der Waals surface area contributed by atoms with Gasteiger partial charge in [-0.15, -0.1) is 0 Å². The number of halogens is 1. The van der Waals surface area contributed by atoms with Gasteiger partial charge in [0.25, 0.3) is 5.91 Å². The molecule has 3 nitrogen and oxygen atoms in total. The van der Waals surface area contributed by atoms with Crippen LogP contribution in [0.4, 0.5) is 5.69 Å². The van der Waals surface area contributed by atoms with Gasteiger partial charge in [-0.3, -0.25) is 4.79 Å². The van der Waals surface area contributed by atoms with Crippen molar-refractivity contribution in [2.45, 2.75) is 20.3 Å². The largest absolute Gasteiger partial charge is 0.483 e. The number of ether oxygens (including phenoxy) is 1. The van der Waals surface area contributed by atoms with E-state index in [1.165, 1.54) is 5.56 Å². The van der Waals surface area contributed by atoms with Gasteiger partial charge in [-0.2, -0.15) is 0 Å². The van der Waals surface area contributed by atoms with Crippen LogP contribution < -0.4 is 9.64 Å². The number of para-hydroxylation sites is 1. The maximum atomic E-state index is 12.4. The second kappa shape index (κ2) is 7.99. The lowest BCUT2D eigenvalue weighted by Gasteiger charge is -2.21. The van der Waals surface area contributed by atoms with E-state index in [0.717, 1.165) is 16.6 Å². The third-order valence-electron chi connectivity index (χ3n) is 3.44. The van der Waals surface area contributed by atoms with Crippen LogP contribution in [-0.2, 0) is 11.2 Å². The van der Waals surface area contributed by atoms with E-state index in [-0.39, 0.29) is 12.5 Å². The third kappa shape index (κ3) is 4.10. The van der Waals surface area contributed by atoms with Crippen LogP contribution in [0.25, 0.3) is 0 Å². The molecule has 0 aliphatic heterocycles. The zero-order valence-corrected chi connectivity index (χ0v) is 14.5. The minimum absolute atomic E-state index is 0.0206. The number of likely N-dealkylation sites (N-methyl/N-ethyl adjacent to an activating group) is 1. The number of rotatable bonds is 6. The molecule has 0 bridgehead atoms. The number of hydrogen-bond donors (Lipinski definition) is 0. The van der Waals surface area contributed by atoms with Crippen molar-refractivity contribution < 1.29 is 9.53 Å². The fraction of sp³-hybridized carbons (Fsp3) is 0.278. The van der Waals surface area contributed by atoms with Crippen LogP contribution in [0, 0.1) is 0 Å². The molecule has 1 amide bonds. The smallest absolute Gasteiger partial charge is 0.264 e. The van der Waals surface area contributed by atoms with E-state index in [1.54, 1.807) is 4.90 Å². The van der Waals surface area contributed by atoms with Gasteiger partial charge < -0.3 is 9.64 Å². The van der Waals surface area contributed by atoms with E-state index in [2.05, 4.69) is 22.9 Å². The summed E-state index contributed by atoms with van der Waals surface area (Å²) in [4.78, 5) is 14.1. The maximum absolute atomic E-state index is 12.4. The number of aryl methyl sites for hydroxylation is 1. The molecule has 0 aliphatic rings. The molecule has 0 spiro atoms. The van der Waals surface area contributed by atoms with Crippen LogP contribution in [0.5, 0.6) is 5.75 Å². The molecule has 0 N–H and O–H groups in total. The summed E-state index contributed by atoms with van der Waals surface area (Å²) in [6.45, 7) is 4.69. The molecular formula is C18H20BrNO2. The fourth-order valence-corrected chi connectivity index (χ4v) is 2.75. The first-order valence-electron chi connectivity index (χ1n) is 7.42. The third-order valence-corrected chi connectivity index (χ3v) is 4.06. The molecule has 0 atom stereocenters. The lowest BCUT2D eigenvalue weighted by molar-refractivity contribution is -0.120. The van der Waals surface area contributed by atoms with Crippen molar-refractivity contribution in [1.29, 1.82) is 0 Å². The number of hydrogen-bond acceptors (Lipinski definition) is 2. The average molecular weight is 362 g/mol. The Balaban J connectivity index is 2.03. The van der Waals surface area contributed by atoms with E-state index < -0.39 is 0 Å². The molecule has 4 heteroatoms. The molecule has 0 unspecified atom stereocenters. The highest BCUT2D eigenvalue weighted by atomic mass is 79.9. The summed E-state index contributed by atoms with van der Waals surface area (Å²) >= 11 is 3.49. The highest BCUT2D eigenvalue weighted by Gasteiger charge is 2.14. The van der Waals surface area contributed by atoms with Gasteiger partial charge in [0, 0.05) is 12.2 Å². The van der Waals surface area contributed by atoms with Crippen molar-refractivity contribution in [3.63, 3.8) is 0 Å². The molecule has 116 valence electrons. The molecule has 22 heavy (non-hydrogen) atoms. The minimum atomic E-state index is -0.0554. The number of anilines is 1. The fourth-order valence-electron chi connectivity index (χ4n) is 2.21. The first-order valence-corrected chi connectivity index (χ1v) is 8.21. The van der Waals surface area contributed by atoms with Crippen LogP contribution in [0.15, 0.2) is 53.0 Å². The van der Waals surface area contributed by atoms with Crippen LogP contribution in [0.2, 0.25) is 0 Å². The second-order valence-corrected chi connectivity index (χ2v) is 5.73. The van der Waals surface area contributed by atoms with Crippen LogP contribution >= 0.6 is 15.9 Å². The van der Waals surface area contributed by atoms with Crippen LogP contribution in [-0.4, -0.2) is 19.1 Å². The summed E-state index contributed by atoms with van der Waals surface area (Å²) in [5.74, 6) is 0.634. The highest BCUT2D eigenvalue weighted by Crippen LogP contribution is 2.26. The van der Waals surface area contributed by atoms with Crippen molar-refractivity contribution in [3.8, 4) is 5.75 Å². The van der Waals surface area contributed by atoms with E-state index in [0.29, 0.717) is 12.3 Å². The standard InChI is InChI=1S/C18H20BrNO2/c1-3-14-10-11-17(16(19)12-14)22-13-18(21)20(4-2)15-8-6-5-7-9-15/h5-12H,3-4,13H2,1-2H3. The molecule has 0 aromatic heterocycles. The molecule has 2 rings (SSSR count). The van der Waals surface area contributed by atoms with E-state index in [4.69, 9.17) is 4.74 Å². The Kier molecular flexibility index (Phi) is 6.01. The van der Waals surface area contributed by atoms with Gasteiger partial charge >= 0.3 is 0 Å². The van der Waals surface area contributed by atoms with Crippen molar-refractivity contribution >= 4 is 27.5 Å². The number of nitrogens with zero attached hydrogens (tertiary/aromatic N) is 1. The van der Waals surface area contributed by atoms with Gasteiger partial charge in [0.2, 0.25) is 0 Å². The summed E-state index contributed by atoms with van der Waals surface area (Å²) in [6, 6.07) is 15.6. The summed E-state index contributed by atoms with van der Waals surface area (Å²) in [5, 5.41) is 0. The van der Waals surface area contributed by atoms with Gasteiger partial charge in [0.15, 0.2) is 6.61 Å². The monoisotopic (exact) mass is 361 g/mol. The predicted octanol–water partition coefficient (Wildman–Crippen LogP) is 4.44. The van der Waals surface area contributed by atoms with Crippen LogP contribution in [0.1, 0.15) is 19.4 Å². The van der Waals surface area contributed by atoms with Crippen molar-refractivity contribution in [2.24, 2.45) is 0 Å². The van der Waals surface area contributed by atoms with Gasteiger partial charge in [-0.25, -0.2) is 0 Å². The zero-order valence-electron chi connectivity index (χ0n) is 12.9. The SMILES string of the molecule is CCc1ccc(OCC(=O)N(CC)c2ccccc2)c(Br)c1. The van der Waals surface area contributed by atoms with E-state index >= 15 is 0 Å². The van der Waals surface area contributed by atoms with Gasteiger partial charge in [-0.05, 0) is 59.1 Å². The summed E-state index contributed by atoms with van der Waals surface area (Å²) in [5.41, 5.74) is 2.11. The first kappa shape index (κ1) is 16.6. The quantitative estimate of drug-likeness (QED) is 0.760. The molecular weight excluding hydrogens is 342 g/mol. The van der Waals surface area contributed by atoms with Gasteiger partial charge in [-0.1, -0.05) is 31.2 Å². The Bertz CT molecular complexity index is 628. The molecule has 2 aromatic rings. The molecule has 0 fully saturated rings. The first-order chi connectivity index (χ1) is 10.7. The van der Waals surface area contributed by atoms with E-state index in [9.17, 15) is 4.79 Å². The molecule has 0 radical (unpaired) electrons. The number of carbonyl (C=O) groups is 1. The predicted molar refractivity (Wildman–Crippen MR) is 93.5 cm³/mol. The maximum Gasteiger partial charge on any atom is 0.264 e. The Hall–Kier alpha value is -1.81. The van der Waals surface area contributed by atoms with E-state index in [1.807, 2.05) is 55.5 Å². The Morgan fingerprint density at radius 2 is 1.86 bits per heavy atom. The second-order valence-electron chi connectivity index (χ2n) is 4.88. The normalized spacial score (nSPS) is 10.3.